The number of benzene rings is 1. The summed E-state index contributed by atoms with van der Waals surface area (Å²) in [6.45, 7) is 0. The lowest BCUT2D eigenvalue weighted by Crippen LogP contribution is -2.14. The first-order chi connectivity index (χ1) is 10.4. The van der Waals surface area contributed by atoms with Crippen LogP contribution in [0.2, 0.25) is 0 Å². The Kier molecular flexibility index (Phi) is 5.31. The highest BCUT2D eigenvalue weighted by Crippen LogP contribution is 2.33. The molecule has 0 saturated heterocycles. The Morgan fingerprint density at radius 2 is 1.52 bits per heavy atom. The van der Waals surface area contributed by atoms with Crippen LogP contribution in [0.25, 0.3) is 0 Å². The third-order valence-corrected chi connectivity index (χ3v) is 4.99. The molecule has 1 aromatic rings. The van der Waals surface area contributed by atoms with E-state index in [9.17, 15) is 0 Å². The van der Waals surface area contributed by atoms with Crippen LogP contribution in [0.4, 0.5) is 0 Å². The lowest BCUT2D eigenvalue weighted by molar-refractivity contribution is 0.0340. The molecule has 3 rings (SSSR count). The molecule has 0 amide bonds. The SMILES string of the molecule is C(=NOC1CCCCC1)c1ccccc1C1CCCCC1. The summed E-state index contributed by atoms with van der Waals surface area (Å²) in [5.74, 6) is 0.719. The van der Waals surface area contributed by atoms with Gasteiger partial charge < -0.3 is 4.84 Å². The van der Waals surface area contributed by atoms with Crippen LogP contribution in [0.1, 0.15) is 81.3 Å². The predicted molar refractivity (Wildman–Crippen MR) is 87.8 cm³/mol. The van der Waals surface area contributed by atoms with Crippen molar-refractivity contribution in [2.45, 2.75) is 76.2 Å². The molecule has 0 atom stereocenters. The van der Waals surface area contributed by atoms with Gasteiger partial charge in [0.2, 0.25) is 0 Å². The summed E-state index contributed by atoms with van der Waals surface area (Å²) in [6, 6.07) is 8.72. The van der Waals surface area contributed by atoms with Gasteiger partial charge in [0.05, 0.1) is 6.21 Å². The van der Waals surface area contributed by atoms with Crippen molar-refractivity contribution in [2.75, 3.05) is 0 Å². The Morgan fingerprint density at radius 1 is 0.857 bits per heavy atom. The van der Waals surface area contributed by atoms with Crippen molar-refractivity contribution >= 4 is 6.21 Å². The van der Waals surface area contributed by atoms with Crippen LogP contribution in [0, 0.1) is 0 Å². The minimum absolute atomic E-state index is 0.344. The molecule has 2 nitrogen and oxygen atoms in total. The molecule has 0 N–H and O–H groups in total. The van der Waals surface area contributed by atoms with Gasteiger partial charge in [-0.1, -0.05) is 55.1 Å². The van der Waals surface area contributed by atoms with E-state index in [0.29, 0.717) is 6.10 Å². The van der Waals surface area contributed by atoms with Gasteiger partial charge in [-0.3, -0.25) is 0 Å². The largest absolute Gasteiger partial charge is 0.393 e. The van der Waals surface area contributed by atoms with Gasteiger partial charge in [0.15, 0.2) is 0 Å². The fourth-order valence-electron chi connectivity index (χ4n) is 3.76. The van der Waals surface area contributed by atoms with E-state index in [1.807, 2.05) is 6.21 Å². The topological polar surface area (TPSA) is 21.6 Å². The fourth-order valence-corrected chi connectivity index (χ4v) is 3.76. The fraction of sp³-hybridized carbons (Fsp3) is 0.632. The molecule has 2 saturated carbocycles. The smallest absolute Gasteiger partial charge is 0.127 e. The predicted octanol–water partition coefficient (Wildman–Crippen LogP) is 5.42. The third-order valence-electron chi connectivity index (χ3n) is 4.99. The first kappa shape index (κ1) is 14.6. The van der Waals surface area contributed by atoms with Gasteiger partial charge >= 0.3 is 0 Å². The first-order valence-corrected chi connectivity index (χ1v) is 8.71. The Morgan fingerprint density at radius 3 is 2.29 bits per heavy atom. The molecule has 0 aliphatic heterocycles. The minimum Gasteiger partial charge on any atom is -0.393 e. The van der Waals surface area contributed by atoms with Gasteiger partial charge in [0.1, 0.15) is 6.10 Å². The maximum absolute atomic E-state index is 5.70. The number of hydrogen-bond acceptors (Lipinski definition) is 2. The second-order valence-electron chi connectivity index (χ2n) is 6.56. The Labute approximate surface area is 128 Å². The van der Waals surface area contributed by atoms with Crippen molar-refractivity contribution in [3.63, 3.8) is 0 Å². The van der Waals surface area contributed by atoms with Gasteiger partial charge in [0, 0.05) is 0 Å². The van der Waals surface area contributed by atoms with Gasteiger partial charge in [-0.2, -0.15) is 0 Å². The molecule has 2 heteroatoms. The second-order valence-corrected chi connectivity index (χ2v) is 6.56. The molecule has 21 heavy (non-hydrogen) atoms. The van der Waals surface area contributed by atoms with Crippen molar-refractivity contribution in [1.82, 2.24) is 0 Å². The summed E-state index contributed by atoms with van der Waals surface area (Å²) in [5.41, 5.74) is 2.72. The monoisotopic (exact) mass is 285 g/mol. The van der Waals surface area contributed by atoms with Crippen molar-refractivity contribution in [3.8, 4) is 0 Å². The zero-order valence-corrected chi connectivity index (χ0v) is 13.0. The standard InChI is InChI=1S/C19H27NO/c1-3-9-16(10-4-1)19-14-8-7-11-17(19)15-20-21-18-12-5-2-6-13-18/h7-8,11,14-16,18H,1-6,9-10,12-13H2. The summed E-state index contributed by atoms with van der Waals surface area (Å²) in [6.07, 6.45) is 15.4. The molecular formula is C19H27NO. The Hall–Kier alpha value is -1.31. The van der Waals surface area contributed by atoms with E-state index in [2.05, 4.69) is 29.4 Å². The molecule has 1 aromatic carbocycles. The lowest BCUT2D eigenvalue weighted by Gasteiger charge is -2.23. The van der Waals surface area contributed by atoms with E-state index in [-0.39, 0.29) is 0 Å². The number of nitrogens with zero attached hydrogens (tertiary/aromatic N) is 1. The van der Waals surface area contributed by atoms with Crippen molar-refractivity contribution < 1.29 is 4.84 Å². The van der Waals surface area contributed by atoms with E-state index in [4.69, 9.17) is 4.84 Å². The van der Waals surface area contributed by atoms with Crippen LogP contribution in [-0.2, 0) is 4.84 Å². The van der Waals surface area contributed by atoms with Crippen molar-refractivity contribution in [3.05, 3.63) is 35.4 Å². The molecule has 114 valence electrons. The van der Waals surface area contributed by atoms with Gasteiger partial charge in [-0.15, -0.1) is 0 Å². The van der Waals surface area contributed by atoms with Crippen LogP contribution < -0.4 is 0 Å². The Bertz CT molecular complexity index is 456. The third kappa shape index (κ3) is 4.09. The highest BCUT2D eigenvalue weighted by Gasteiger charge is 2.18. The lowest BCUT2D eigenvalue weighted by atomic mass is 9.82. The number of hydrogen-bond donors (Lipinski definition) is 0. The van der Waals surface area contributed by atoms with E-state index in [0.717, 1.165) is 5.92 Å². The molecule has 2 fully saturated rings. The Balaban J connectivity index is 1.63. The van der Waals surface area contributed by atoms with Crippen LogP contribution in [-0.4, -0.2) is 12.3 Å². The summed E-state index contributed by atoms with van der Waals surface area (Å²) in [5, 5.41) is 4.30. The van der Waals surface area contributed by atoms with Crippen LogP contribution in [0.5, 0.6) is 0 Å². The van der Waals surface area contributed by atoms with Crippen LogP contribution in [0.15, 0.2) is 29.4 Å². The first-order valence-electron chi connectivity index (χ1n) is 8.71. The molecule has 0 heterocycles. The van der Waals surface area contributed by atoms with Crippen molar-refractivity contribution in [1.29, 1.82) is 0 Å². The van der Waals surface area contributed by atoms with Crippen molar-refractivity contribution in [2.24, 2.45) is 5.16 Å². The molecule has 0 unspecified atom stereocenters. The van der Waals surface area contributed by atoms with Gasteiger partial charge in [-0.25, -0.2) is 0 Å². The maximum Gasteiger partial charge on any atom is 0.127 e. The normalized spacial score (nSPS) is 21.7. The second kappa shape index (κ2) is 7.63. The molecular weight excluding hydrogens is 258 g/mol. The van der Waals surface area contributed by atoms with Gasteiger partial charge in [0.25, 0.3) is 0 Å². The summed E-state index contributed by atoms with van der Waals surface area (Å²) in [7, 11) is 0. The summed E-state index contributed by atoms with van der Waals surface area (Å²) >= 11 is 0. The molecule has 2 aliphatic carbocycles. The van der Waals surface area contributed by atoms with E-state index in [1.165, 1.54) is 75.3 Å². The van der Waals surface area contributed by atoms with E-state index >= 15 is 0 Å². The summed E-state index contributed by atoms with van der Waals surface area (Å²) in [4.78, 5) is 5.70. The zero-order valence-electron chi connectivity index (χ0n) is 13.0. The average Bonchev–Trinajstić information content (AvgIpc) is 2.57. The zero-order chi connectivity index (χ0) is 14.3. The molecule has 0 spiro atoms. The van der Waals surface area contributed by atoms with Gasteiger partial charge in [-0.05, 0) is 55.6 Å². The summed E-state index contributed by atoms with van der Waals surface area (Å²) < 4.78 is 0. The molecule has 2 aliphatic rings. The number of rotatable bonds is 4. The van der Waals surface area contributed by atoms with E-state index < -0.39 is 0 Å². The van der Waals surface area contributed by atoms with E-state index in [1.54, 1.807) is 0 Å². The van der Waals surface area contributed by atoms with Crippen LogP contribution in [0.3, 0.4) is 0 Å². The molecule has 0 aromatic heterocycles. The maximum atomic E-state index is 5.70. The quantitative estimate of drug-likeness (QED) is 0.535. The highest BCUT2D eigenvalue weighted by atomic mass is 16.6. The highest BCUT2D eigenvalue weighted by molar-refractivity contribution is 5.81. The number of oxime groups is 1. The molecule has 0 radical (unpaired) electrons. The average molecular weight is 285 g/mol. The van der Waals surface area contributed by atoms with Crippen LogP contribution >= 0.6 is 0 Å². The minimum atomic E-state index is 0.344. The molecule has 0 bridgehead atoms.